The summed E-state index contributed by atoms with van der Waals surface area (Å²) < 4.78 is 0. The van der Waals surface area contributed by atoms with Crippen molar-refractivity contribution in [2.45, 2.75) is 59.0 Å². The summed E-state index contributed by atoms with van der Waals surface area (Å²) in [7, 11) is 0. The third-order valence-electron chi connectivity index (χ3n) is 4.16. The first-order valence-electron chi connectivity index (χ1n) is 7.00. The Labute approximate surface area is 106 Å². The highest BCUT2D eigenvalue weighted by Gasteiger charge is 2.26. The molecular weight excluding hydrogens is 212 g/mol. The van der Waals surface area contributed by atoms with E-state index >= 15 is 0 Å². The summed E-state index contributed by atoms with van der Waals surface area (Å²) in [6.07, 6.45) is 7.47. The summed E-state index contributed by atoms with van der Waals surface area (Å²) in [6, 6.07) is 0. The van der Waals surface area contributed by atoms with Crippen molar-refractivity contribution in [3.63, 3.8) is 0 Å². The highest BCUT2D eigenvalue weighted by atomic mass is 16.3. The molecule has 0 bridgehead atoms. The number of rotatable bonds is 6. The van der Waals surface area contributed by atoms with Crippen LogP contribution in [0.2, 0.25) is 0 Å². The number of allylic oxidation sites excluding steroid dienone is 1. The Morgan fingerprint density at radius 2 is 2.06 bits per heavy atom. The van der Waals surface area contributed by atoms with Gasteiger partial charge in [0.15, 0.2) is 0 Å². The van der Waals surface area contributed by atoms with E-state index in [-0.39, 0.29) is 6.10 Å². The molecule has 0 aromatic heterocycles. The molecule has 0 radical (unpaired) electrons. The highest BCUT2D eigenvalue weighted by Crippen LogP contribution is 2.32. The highest BCUT2D eigenvalue weighted by molar-refractivity contribution is 5.08. The van der Waals surface area contributed by atoms with E-state index in [2.05, 4.69) is 20.8 Å². The van der Waals surface area contributed by atoms with Crippen LogP contribution in [-0.4, -0.2) is 22.9 Å². The molecule has 0 spiro atoms. The SMILES string of the molecule is CC1=C[C@@H](O)[C@H]([C@@H](C)CCC[C@H](C)CO)CC1. The maximum atomic E-state index is 10.0. The first-order valence-corrected chi connectivity index (χ1v) is 7.00. The molecule has 4 atom stereocenters. The van der Waals surface area contributed by atoms with Crippen LogP contribution in [0.15, 0.2) is 11.6 Å². The standard InChI is InChI=1S/C15H28O2/c1-11-7-8-14(15(17)9-11)13(3)6-4-5-12(2)10-16/h9,12-17H,4-8,10H2,1-3H3/t12-,13-,14-,15+/m0/s1. The minimum atomic E-state index is -0.242. The van der Waals surface area contributed by atoms with Crippen molar-refractivity contribution < 1.29 is 10.2 Å². The molecule has 2 nitrogen and oxygen atoms in total. The maximum Gasteiger partial charge on any atom is 0.0754 e. The summed E-state index contributed by atoms with van der Waals surface area (Å²) in [5.41, 5.74) is 1.33. The van der Waals surface area contributed by atoms with E-state index in [4.69, 9.17) is 5.11 Å². The zero-order chi connectivity index (χ0) is 12.8. The molecule has 100 valence electrons. The van der Waals surface area contributed by atoms with Crippen molar-refractivity contribution in [1.29, 1.82) is 0 Å². The molecule has 2 N–H and O–H groups in total. The third-order valence-corrected chi connectivity index (χ3v) is 4.16. The molecule has 0 fully saturated rings. The molecule has 17 heavy (non-hydrogen) atoms. The van der Waals surface area contributed by atoms with Crippen LogP contribution in [0.4, 0.5) is 0 Å². The van der Waals surface area contributed by atoms with Gasteiger partial charge in [-0.3, -0.25) is 0 Å². The lowest BCUT2D eigenvalue weighted by atomic mass is 9.77. The van der Waals surface area contributed by atoms with Gasteiger partial charge in [-0.2, -0.15) is 0 Å². The van der Waals surface area contributed by atoms with Gasteiger partial charge in [-0.05, 0) is 43.9 Å². The van der Waals surface area contributed by atoms with Crippen LogP contribution in [-0.2, 0) is 0 Å². The lowest BCUT2D eigenvalue weighted by Crippen LogP contribution is -2.28. The number of aliphatic hydroxyl groups is 2. The van der Waals surface area contributed by atoms with E-state index in [0.29, 0.717) is 24.4 Å². The van der Waals surface area contributed by atoms with Crippen molar-refractivity contribution in [1.82, 2.24) is 0 Å². The molecule has 2 heteroatoms. The summed E-state index contributed by atoms with van der Waals surface area (Å²) in [5.74, 6) is 1.43. The Bertz CT molecular complexity index is 247. The second-order valence-corrected chi connectivity index (χ2v) is 5.90. The van der Waals surface area contributed by atoms with Crippen LogP contribution >= 0.6 is 0 Å². The molecule has 1 aliphatic rings. The summed E-state index contributed by atoms with van der Waals surface area (Å²) in [6.45, 7) is 6.74. The monoisotopic (exact) mass is 240 g/mol. The molecule has 0 heterocycles. The second kappa shape index (κ2) is 7.17. The summed E-state index contributed by atoms with van der Waals surface area (Å²) in [5, 5.41) is 19.0. The van der Waals surface area contributed by atoms with Gasteiger partial charge >= 0.3 is 0 Å². The normalized spacial score (nSPS) is 28.6. The second-order valence-electron chi connectivity index (χ2n) is 5.90. The first-order chi connectivity index (χ1) is 8.04. The average Bonchev–Trinajstić information content (AvgIpc) is 2.28. The minimum absolute atomic E-state index is 0.242. The molecule has 0 aromatic rings. The quantitative estimate of drug-likeness (QED) is 0.700. The number of hydrogen-bond donors (Lipinski definition) is 2. The van der Waals surface area contributed by atoms with Crippen LogP contribution < -0.4 is 0 Å². The van der Waals surface area contributed by atoms with Gasteiger partial charge in [0, 0.05) is 6.61 Å². The zero-order valence-corrected chi connectivity index (χ0v) is 11.5. The van der Waals surface area contributed by atoms with Crippen LogP contribution in [0.25, 0.3) is 0 Å². The lowest BCUT2D eigenvalue weighted by molar-refractivity contribution is 0.0969. The van der Waals surface area contributed by atoms with Crippen LogP contribution in [0.5, 0.6) is 0 Å². The number of aliphatic hydroxyl groups excluding tert-OH is 2. The fraction of sp³-hybridized carbons (Fsp3) is 0.867. The van der Waals surface area contributed by atoms with E-state index in [0.717, 1.165) is 25.7 Å². The Morgan fingerprint density at radius 3 is 2.65 bits per heavy atom. The van der Waals surface area contributed by atoms with Gasteiger partial charge in [-0.15, -0.1) is 0 Å². The molecule has 0 aromatic carbocycles. The van der Waals surface area contributed by atoms with Gasteiger partial charge in [-0.25, -0.2) is 0 Å². The van der Waals surface area contributed by atoms with Crippen molar-refractivity contribution in [3.8, 4) is 0 Å². The minimum Gasteiger partial charge on any atom is -0.396 e. The molecule has 0 aliphatic heterocycles. The molecule has 0 saturated carbocycles. The Hall–Kier alpha value is -0.340. The molecular formula is C15H28O2. The Balaban J connectivity index is 2.30. The van der Waals surface area contributed by atoms with Gasteiger partial charge < -0.3 is 10.2 Å². The summed E-state index contributed by atoms with van der Waals surface area (Å²) in [4.78, 5) is 0. The fourth-order valence-electron chi connectivity index (χ4n) is 2.78. The van der Waals surface area contributed by atoms with Gasteiger partial charge in [0.25, 0.3) is 0 Å². The first kappa shape index (κ1) is 14.7. The summed E-state index contributed by atoms with van der Waals surface area (Å²) >= 11 is 0. The van der Waals surface area contributed by atoms with Crippen molar-refractivity contribution in [2.24, 2.45) is 17.8 Å². The predicted octanol–water partition coefficient (Wildman–Crippen LogP) is 3.14. The van der Waals surface area contributed by atoms with Crippen LogP contribution in [0.3, 0.4) is 0 Å². The fourth-order valence-corrected chi connectivity index (χ4v) is 2.78. The maximum absolute atomic E-state index is 10.0. The van der Waals surface area contributed by atoms with Crippen LogP contribution in [0.1, 0.15) is 52.9 Å². The topological polar surface area (TPSA) is 40.5 Å². The third kappa shape index (κ3) is 4.81. The predicted molar refractivity (Wildman–Crippen MR) is 71.8 cm³/mol. The molecule has 0 unspecified atom stereocenters. The van der Waals surface area contributed by atoms with Gasteiger partial charge in [0.2, 0.25) is 0 Å². The van der Waals surface area contributed by atoms with Crippen LogP contribution in [0, 0.1) is 17.8 Å². The van der Waals surface area contributed by atoms with Crippen molar-refractivity contribution in [2.75, 3.05) is 6.61 Å². The van der Waals surface area contributed by atoms with Gasteiger partial charge in [0.1, 0.15) is 0 Å². The molecule has 1 aliphatic carbocycles. The molecule has 1 rings (SSSR count). The van der Waals surface area contributed by atoms with E-state index < -0.39 is 0 Å². The largest absolute Gasteiger partial charge is 0.396 e. The number of hydrogen-bond acceptors (Lipinski definition) is 2. The van der Waals surface area contributed by atoms with E-state index in [1.54, 1.807) is 0 Å². The lowest BCUT2D eigenvalue weighted by Gasteiger charge is -2.31. The molecule has 0 amide bonds. The van der Waals surface area contributed by atoms with E-state index in [9.17, 15) is 5.11 Å². The van der Waals surface area contributed by atoms with Crippen molar-refractivity contribution in [3.05, 3.63) is 11.6 Å². The smallest absolute Gasteiger partial charge is 0.0754 e. The average molecular weight is 240 g/mol. The zero-order valence-electron chi connectivity index (χ0n) is 11.5. The molecule has 0 saturated heterocycles. The van der Waals surface area contributed by atoms with E-state index in [1.165, 1.54) is 12.0 Å². The van der Waals surface area contributed by atoms with E-state index in [1.807, 2.05) is 6.08 Å². The van der Waals surface area contributed by atoms with Gasteiger partial charge in [-0.1, -0.05) is 38.3 Å². The van der Waals surface area contributed by atoms with Gasteiger partial charge in [0.05, 0.1) is 6.10 Å². The Kier molecular flexibility index (Phi) is 6.21. The Morgan fingerprint density at radius 1 is 1.35 bits per heavy atom. The van der Waals surface area contributed by atoms with Crippen molar-refractivity contribution >= 4 is 0 Å².